The Morgan fingerprint density at radius 1 is 1.15 bits per heavy atom. The van der Waals surface area contributed by atoms with Gasteiger partial charge in [0.1, 0.15) is 12.1 Å². The second kappa shape index (κ2) is 9.32. The third-order valence-electron chi connectivity index (χ3n) is 4.52. The molecule has 0 aliphatic carbocycles. The van der Waals surface area contributed by atoms with Crippen molar-refractivity contribution in [2.24, 2.45) is 5.92 Å². The SMILES string of the molecule is Cc1ccccc1Cn1cncc1C[C@H](N[C@@H](CC(C)C)C(=O)O)C(=O)O. The lowest BCUT2D eigenvalue weighted by atomic mass is 10.0. The Balaban J connectivity index is 2.15. The second-order valence-corrected chi connectivity index (χ2v) is 7.22. The molecule has 7 nitrogen and oxygen atoms in total. The van der Waals surface area contributed by atoms with Gasteiger partial charge in [-0.15, -0.1) is 0 Å². The standard InChI is InChI=1S/C20H27N3O4/c1-13(2)8-17(19(24)25)22-18(20(26)27)9-16-10-21-12-23(16)11-15-7-5-4-6-14(15)3/h4-7,10,12-13,17-18,22H,8-9,11H2,1-3H3,(H,24,25)(H,26,27)/t17-,18-/m0/s1. The number of benzene rings is 1. The van der Waals surface area contributed by atoms with E-state index in [-0.39, 0.29) is 12.3 Å². The topological polar surface area (TPSA) is 104 Å². The maximum atomic E-state index is 11.7. The number of hydrogen-bond acceptors (Lipinski definition) is 4. The largest absolute Gasteiger partial charge is 0.480 e. The molecule has 1 heterocycles. The number of hydrogen-bond donors (Lipinski definition) is 3. The Bertz CT molecular complexity index is 785. The Hall–Kier alpha value is -2.67. The number of aryl methyl sites for hydroxylation is 1. The van der Waals surface area contributed by atoms with Gasteiger partial charge in [-0.3, -0.25) is 14.9 Å². The summed E-state index contributed by atoms with van der Waals surface area (Å²) in [4.78, 5) is 27.3. The van der Waals surface area contributed by atoms with Crippen LogP contribution in [0.4, 0.5) is 0 Å². The fraction of sp³-hybridized carbons (Fsp3) is 0.450. The summed E-state index contributed by atoms with van der Waals surface area (Å²) >= 11 is 0. The molecular weight excluding hydrogens is 346 g/mol. The number of carbonyl (C=O) groups is 2. The Kier molecular flexibility index (Phi) is 7.12. The highest BCUT2D eigenvalue weighted by atomic mass is 16.4. The van der Waals surface area contributed by atoms with E-state index in [1.807, 2.05) is 49.6 Å². The van der Waals surface area contributed by atoms with Crippen molar-refractivity contribution in [3.05, 3.63) is 53.6 Å². The van der Waals surface area contributed by atoms with Gasteiger partial charge in [-0.2, -0.15) is 0 Å². The van der Waals surface area contributed by atoms with Crippen LogP contribution < -0.4 is 5.32 Å². The van der Waals surface area contributed by atoms with Crippen molar-refractivity contribution in [2.45, 2.75) is 52.2 Å². The predicted molar refractivity (Wildman–Crippen MR) is 102 cm³/mol. The molecule has 0 aliphatic heterocycles. The summed E-state index contributed by atoms with van der Waals surface area (Å²) in [7, 11) is 0. The zero-order valence-corrected chi connectivity index (χ0v) is 15.9. The molecule has 0 aliphatic rings. The number of imidazole rings is 1. The molecule has 0 fully saturated rings. The van der Waals surface area contributed by atoms with Crippen LogP contribution in [0.5, 0.6) is 0 Å². The minimum Gasteiger partial charge on any atom is -0.480 e. The summed E-state index contributed by atoms with van der Waals surface area (Å²) in [6.45, 7) is 6.43. The number of carboxylic acids is 2. The van der Waals surface area contributed by atoms with Crippen LogP contribution in [0.3, 0.4) is 0 Å². The van der Waals surface area contributed by atoms with E-state index in [0.29, 0.717) is 13.0 Å². The molecule has 0 saturated heterocycles. The van der Waals surface area contributed by atoms with Crippen LogP contribution in [0.25, 0.3) is 0 Å². The van der Waals surface area contributed by atoms with Gasteiger partial charge in [0, 0.05) is 24.9 Å². The molecule has 27 heavy (non-hydrogen) atoms. The van der Waals surface area contributed by atoms with E-state index in [0.717, 1.165) is 16.8 Å². The first kappa shape index (κ1) is 20.6. The van der Waals surface area contributed by atoms with Crippen LogP contribution in [-0.4, -0.2) is 43.8 Å². The van der Waals surface area contributed by atoms with E-state index >= 15 is 0 Å². The molecule has 0 radical (unpaired) electrons. The molecule has 146 valence electrons. The molecular formula is C20H27N3O4. The smallest absolute Gasteiger partial charge is 0.321 e. The van der Waals surface area contributed by atoms with Crippen molar-refractivity contribution in [3.63, 3.8) is 0 Å². The first-order valence-electron chi connectivity index (χ1n) is 9.03. The van der Waals surface area contributed by atoms with Crippen LogP contribution in [0.2, 0.25) is 0 Å². The van der Waals surface area contributed by atoms with Gasteiger partial charge in [0.2, 0.25) is 0 Å². The number of carboxylic acid groups (broad SMARTS) is 2. The number of rotatable bonds is 10. The van der Waals surface area contributed by atoms with Crippen LogP contribution in [0, 0.1) is 12.8 Å². The first-order valence-corrected chi connectivity index (χ1v) is 9.03. The van der Waals surface area contributed by atoms with E-state index in [1.165, 1.54) is 0 Å². The summed E-state index contributed by atoms with van der Waals surface area (Å²) < 4.78 is 1.90. The highest BCUT2D eigenvalue weighted by Crippen LogP contribution is 2.13. The molecule has 0 spiro atoms. The van der Waals surface area contributed by atoms with E-state index in [1.54, 1.807) is 12.5 Å². The lowest BCUT2D eigenvalue weighted by molar-refractivity contribution is -0.142. The highest BCUT2D eigenvalue weighted by Gasteiger charge is 2.27. The summed E-state index contributed by atoms with van der Waals surface area (Å²) in [5.41, 5.74) is 3.01. The first-order chi connectivity index (χ1) is 12.8. The molecule has 3 N–H and O–H groups in total. The van der Waals surface area contributed by atoms with E-state index in [9.17, 15) is 19.8 Å². The molecule has 0 unspecified atom stereocenters. The number of aliphatic carboxylic acids is 2. The zero-order chi connectivity index (χ0) is 20.0. The van der Waals surface area contributed by atoms with Gasteiger partial charge in [-0.1, -0.05) is 38.1 Å². The van der Waals surface area contributed by atoms with Crippen LogP contribution in [-0.2, 0) is 22.6 Å². The zero-order valence-electron chi connectivity index (χ0n) is 15.9. The van der Waals surface area contributed by atoms with Crippen LogP contribution in [0.15, 0.2) is 36.8 Å². The van der Waals surface area contributed by atoms with Gasteiger partial charge in [-0.05, 0) is 30.4 Å². The molecule has 7 heteroatoms. The molecule has 2 rings (SSSR count). The van der Waals surface area contributed by atoms with Crippen molar-refractivity contribution in [2.75, 3.05) is 0 Å². The van der Waals surface area contributed by atoms with Crippen molar-refractivity contribution < 1.29 is 19.8 Å². The van der Waals surface area contributed by atoms with Crippen molar-refractivity contribution >= 4 is 11.9 Å². The Labute approximate surface area is 159 Å². The monoisotopic (exact) mass is 373 g/mol. The lowest BCUT2D eigenvalue weighted by Gasteiger charge is -2.22. The van der Waals surface area contributed by atoms with E-state index in [2.05, 4.69) is 10.3 Å². The van der Waals surface area contributed by atoms with Gasteiger partial charge in [-0.25, -0.2) is 4.98 Å². The molecule has 2 aromatic rings. The van der Waals surface area contributed by atoms with Crippen LogP contribution >= 0.6 is 0 Å². The van der Waals surface area contributed by atoms with Crippen molar-refractivity contribution in [1.82, 2.24) is 14.9 Å². The Morgan fingerprint density at radius 3 is 2.41 bits per heavy atom. The maximum absolute atomic E-state index is 11.7. The molecule has 1 aromatic carbocycles. The third kappa shape index (κ3) is 5.92. The molecule has 1 aromatic heterocycles. The summed E-state index contributed by atoms with van der Waals surface area (Å²) in [5.74, 6) is -1.98. The predicted octanol–water partition coefficient (Wildman–Crippen LogP) is 2.32. The maximum Gasteiger partial charge on any atom is 0.321 e. The van der Waals surface area contributed by atoms with E-state index in [4.69, 9.17) is 0 Å². The average Bonchev–Trinajstić information content (AvgIpc) is 3.01. The third-order valence-corrected chi connectivity index (χ3v) is 4.52. The van der Waals surface area contributed by atoms with E-state index < -0.39 is 24.0 Å². The van der Waals surface area contributed by atoms with Crippen LogP contribution in [0.1, 0.15) is 37.1 Å². The Morgan fingerprint density at radius 2 is 1.81 bits per heavy atom. The fourth-order valence-corrected chi connectivity index (χ4v) is 3.01. The second-order valence-electron chi connectivity index (χ2n) is 7.22. The molecule has 0 saturated carbocycles. The van der Waals surface area contributed by atoms with Crippen molar-refractivity contribution in [1.29, 1.82) is 0 Å². The quantitative estimate of drug-likeness (QED) is 0.590. The highest BCUT2D eigenvalue weighted by molar-refractivity contribution is 5.77. The molecule has 2 atom stereocenters. The number of nitrogens with one attached hydrogen (secondary N) is 1. The average molecular weight is 373 g/mol. The minimum atomic E-state index is -1.08. The van der Waals surface area contributed by atoms with Crippen molar-refractivity contribution in [3.8, 4) is 0 Å². The summed E-state index contributed by atoms with van der Waals surface area (Å²) in [5, 5.41) is 21.7. The van der Waals surface area contributed by atoms with Gasteiger partial charge in [0.15, 0.2) is 0 Å². The minimum absolute atomic E-state index is 0.139. The van der Waals surface area contributed by atoms with Gasteiger partial charge >= 0.3 is 11.9 Å². The summed E-state index contributed by atoms with van der Waals surface area (Å²) in [6, 6.07) is 6.07. The molecule has 0 amide bonds. The normalized spacial score (nSPS) is 13.5. The lowest BCUT2D eigenvalue weighted by Crippen LogP contribution is -2.49. The number of aromatic nitrogens is 2. The van der Waals surface area contributed by atoms with Gasteiger partial charge < -0.3 is 14.8 Å². The van der Waals surface area contributed by atoms with Gasteiger partial charge in [0.25, 0.3) is 0 Å². The molecule has 0 bridgehead atoms. The number of nitrogens with zero attached hydrogens (tertiary/aromatic N) is 2. The van der Waals surface area contributed by atoms with Gasteiger partial charge in [0.05, 0.1) is 6.33 Å². The summed E-state index contributed by atoms with van der Waals surface area (Å²) in [6.07, 6.45) is 3.82. The fourth-order valence-electron chi connectivity index (χ4n) is 3.01.